The average molecular weight is 353 g/mol. The Morgan fingerprint density at radius 2 is 2.04 bits per heavy atom. The van der Waals surface area contributed by atoms with Gasteiger partial charge in [-0.15, -0.1) is 0 Å². The van der Waals surface area contributed by atoms with Crippen molar-refractivity contribution >= 4 is 5.91 Å². The van der Waals surface area contributed by atoms with E-state index in [9.17, 15) is 9.59 Å². The number of amides is 1. The third-order valence-electron chi connectivity index (χ3n) is 5.49. The summed E-state index contributed by atoms with van der Waals surface area (Å²) in [5, 5.41) is 0. The molecular formula is C20H23N3O3. The van der Waals surface area contributed by atoms with Crippen molar-refractivity contribution in [2.24, 2.45) is 5.92 Å². The van der Waals surface area contributed by atoms with Crippen molar-refractivity contribution in [2.75, 3.05) is 20.2 Å². The van der Waals surface area contributed by atoms with E-state index in [-0.39, 0.29) is 17.4 Å². The molecule has 0 spiro atoms. The number of aryl methyl sites for hydroxylation is 1. The Hall–Kier alpha value is -2.63. The van der Waals surface area contributed by atoms with E-state index in [1.165, 1.54) is 0 Å². The average Bonchev–Trinajstić information content (AvgIpc) is 2.62. The number of aromatic nitrogens is 2. The minimum absolute atomic E-state index is 0.00571. The van der Waals surface area contributed by atoms with Gasteiger partial charge in [-0.2, -0.15) is 0 Å². The van der Waals surface area contributed by atoms with Crippen LogP contribution in [0.25, 0.3) is 11.3 Å². The molecule has 6 nitrogen and oxygen atoms in total. The van der Waals surface area contributed by atoms with Crippen molar-refractivity contribution in [3.05, 3.63) is 46.0 Å². The molecule has 1 saturated heterocycles. The SMILES string of the molecule is COc1ccc(C)nc1-c1cc2n(c(=O)c1)C[C@H]1C[C@@H]2CN(C(C)=O)C1. The first-order valence-electron chi connectivity index (χ1n) is 8.98. The Morgan fingerprint density at radius 3 is 2.77 bits per heavy atom. The Morgan fingerprint density at radius 1 is 1.23 bits per heavy atom. The van der Waals surface area contributed by atoms with E-state index < -0.39 is 0 Å². The highest BCUT2D eigenvalue weighted by Crippen LogP contribution is 2.37. The monoisotopic (exact) mass is 353 g/mol. The third-order valence-corrected chi connectivity index (χ3v) is 5.49. The second-order valence-corrected chi connectivity index (χ2v) is 7.34. The van der Waals surface area contributed by atoms with Crippen molar-refractivity contribution in [2.45, 2.75) is 32.7 Å². The lowest BCUT2D eigenvalue weighted by Crippen LogP contribution is -2.48. The zero-order chi connectivity index (χ0) is 18.4. The number of carbonyl (C=O) groups is 1. The molecule has 2 aliphatic rings. The van der Waals surface area contributed by atoms with Gasteiger partial charge in [-0.3, -0.25) is 9.59 Å². The summed E-state index contributed by atoms with van der Waals surface area (Å²) in [7, 11) is 1.61. The zero-order valence-electron chi connectivity index (χ0n) is 15.4. The number of piperidine rings is 1. The number of ether oxygens (including phenoxy) is 1. The molecule has 2 aromatic heterocycles. The molecule has 0 radical (unpaired) electrons. The highest BCUT2D eigenvalue weighted by molar-refractivity contribution is 5.73. The Bertz CT molecular complexity index is 934. The van der Waals surface area contributed by atoms with E-state index in [0.29, 0.717) is 30.5 Å². The van der Waals surface area contributed by atoms with Gasteiger partial charge in [0.05, 0.1) is 7.11 Å². The first-order valence-corrected chi connectivity index (χ1v) is 8.98. The second-order valence-electron chi connectivity index (χ2n) is 7.34. The van der Waals surface area contributed by atoms with Crippen LogP contribution < -0.4 is 10.3 Å². The molecule has 1 fully saturated rings. The highest BCUT2D eigenvalue weighted by atomic mass is 16.5. The standard InChI is InChI=1S/C20H23N3O3/c1-12-4-5-18(26-3)20(21-12)15-7-17-16-6-14(9-22(11-16)13(2)24)10-23(17)19(25)8-15/h4-5,7-8,14,16H,6,9-11H2,1-3H3/t14-,16+/m0/s1. The minimum atomic E-state index is -0.00571. The van der Waals surface area contributed by atoms with E-state index in [1.54, 1.807) is 20.1 Å². The van der Waals surface area contributed by atoms with Crippen molar-refractivity contribution in [3.8, 4) is 17.0 Å². The molecule has 0 saturated carbocycles. The Kier molecular flexibility index (Phi) is 4.05. The molecule has 4 rings (SSSR count). The zero-order valence-corrected chi connectivity index (χ0v) is 15.4. The maximum absolute atomic E-state index is 12.8. The summed E-state index contributed by atoms with van der Waals surface area (Å²) in [6, 6.07) is 7.47. The predicted octanol–water partition coefficient (Wildman–Crippen LogP) is 2.19. The van der Waals surface area contributed by atoms with Crippen LogP contribution in [0, 0.1) is 12.8 Å². The van der Waals surface area contributed by atoms with Gasteiger partial charge in [0.1, 0.15) is 11.4 Å². The molecule has 2 aromatic rings. The quantitative estimate of drug-likeness (QED) is 0.830. The molecule has 0 aliphatic carbocycles. The van der Waals surface area contributed by atoms with Crippen LogP contribution in [-0.4, -0.2) is 40.6 Å². The van der Waals surface area contributed by atoms with Gasteiger partial charge in [0.2, 0.25) is 5.91 Å². The number of likely N-dealkylation sites (tertiary alicyclic amines) is 1. The van der Waals surface area contributed by atoms with Crippen LogP contribution >= 0.6 is 0 Å². The molecule has 0 unspecified atom stereocenters. The van der Waals surface area contributed by atoms with E-state index >= 15 is 0 Å². The van der Waals surface area contributed by atoms with Crippen LogP contribution in [0.4, 0.5) is 0 Å². The second kappa shape index (κ2) is 6.27. The molecule has 2 bridgehead atoms. The predicted molar refractivity (Wildman–Crippen MR) is 98.3 cm³/mol. The van der Waals surface area contributed by atoms with Crippen molar-refractivity contribution in [3.63, 3.8) is 0 Å². The minimum Gasteiger partial charge on any atom is -0.494 e. The van der Waals surface area contributed by atoms with E-state index in [0.717, 1.165) is 29.9 Å². The number of fused-ring (bicyclic) bond motifs is 4. The largest absolute Gasteiger partial charge is 0.494 e. The van der Waals surface area contributed by atoms with Crippen LogP contribution in [0.15, 0.2) is 29.1 Å². The third kappa shape index (κ3) is 2.79. The van der Waals surface area contributed by atoms with E-state index in [2.05, 4.69) is 11.1 Å². The molecule has 26 heavy (non-hydrogen) atoms. The molecule has 0 aromatic carbocycles. The number of methoxy groups -OCH3 is 1. The summed E-state index contributed by atoms with van der Waals surface area (Å²) in [5.41, 5.74) is 3.34. The van der Waals surface area contributed by atoms with Gasteiger partial charge in [-0.05, 0) is 37.5 Å². The fourth-order valence-corrected chi connectivity index (χ4v) is 4.27. The molecule has 2 atom stereocenters. The van der Waals surface area contributed by atoms with Gasteiger partial charge in [0, 0.05) is 55.5 Å². The van der Waals surface area contributed by atoms with Crippen LogP contribution in [0.3, 0.4) is 0 Å². The molecule has 4 heterocycles. The van der Waals surface area contributed by atoms with Crippen molar-refractivity contribution in [1.82, 2.24) is 14.5 Å². The number of hydrogen-bond acceptors (Lipinski definition) is 4. The van der Waals surface area contributed by atoms with Gasteiger partial charge in [-0.25, -0.2) is 4.98 Å². The fourth-order valence-electron chi connectivity index (χ4n) is 4.27. The van der Waals surface area contributed by atoms with Crippen molar-refractivity contribution < 1.29 is 9.53 Å². The van der Waals surface area contributed by atoms with E-state index in [1.807, 2.05) is 28.5 Å². The van der Waals surface area contributed by atoms with Gasteiger partial charge in [0.25, 0.3) is 5.56 Å². The van der Waals surface area contributed by atoms with Gasteiger partial charge in [0.15, 0.2) is 0 Å². The summed E-state index contributed by atoms with van der Waals surface area (Å²) >= 11 is 0. The van der Waals surface area contributed by atoms with E-state index in [4.69, 9.17) is 4.74 Å². The van der Waals surface area contributed by atoms with Crippen molar-refractivity contribution in [1.29, 1.82) is 0 Å². The Labute approximate surface area is 152 Å². The fraction of sp³-hybridized carbons (Fsp3) is 0.450. The van der Waals surface area contributed by atoms with Crippen LogP contribution in [0.1, 0.15) is 30.7 Å². The number of nitrogens with zero attached hydrogens (tertiary/aromatic N) is 3. The maximum Gasteiger partial charge on any atom is 0.251 e. The molecule has 136 valence electrons. The number of hydrogen-bond donors (Lipinski definition) is 0. The van der Waals surface area contributed by atoms with Gasteiger partial charge < -0.3 is 14.2 Å². The molecule has 2 aliphatic heterocycles. The lowest BCUT2D eigenvalue weighted by molar-refractivity contribution is -0.131. The lowest BCUT2D eigenvalue weighted by Gasteiger charge is -2.42. The van der Waals surface area contributed by atoms with Crippen LogP contribution in [0.5, 0.6) is 5.75 Å². The lowest BCUT2D eigenvalue weighted by atomic mass is 9.82. The van der Waals surface area contributed by atoms with Gasteiger partial charge >= 0.3 is 0 Å². The smallest absolute Gasteiger partial charge is 0.251 e. The summed E-state index contributed by atoms with van der Waals surface area (Å²) in [6.07, 6.45) is 1.02. The summed E-state index contributed by atoms with van der Waals surface area (Å²) < 4.78 is 7.32. The summed E-state index contributed by atoms with van der Waals surface area (Å²) in [4.78, 5) is 31.1. The van der Waals surface area contributed by atoms with Gasteiger partial charge in [-0.1, -0.05) is 0 Å². The normalized spacial score (nSPS) is 21.3. The number of carbonyl (C=O) groups excluding carboxylic acids is 1. The van der Waals surface area contributed by atoms with Crippen LogP contribution in [0.2, 0.25) is 0 Å². The topological polar surface area (TPSA) is 64.4 Å². The summed E-state index contributed by atoms with van der Waals surface area (Å²) in [6.45, 7) is 5.63. The maximum atomic E-state index is 12.8. The first kappa shape index (κ1) is 16.8. The number of pyridine rings is 2. The highest BCUT2D eigenvalue weighted by Gasteiger charge is 2.35. The molecule has 6 heteroatoms. The molecule has 1 amide bonds. The molecular weight excluding hydrogens is 330 g/mol. The Balaban J connectivity index is 1.82. The molecule has 0 N–H and O–H groups in total. The number of rotatable bonds is 2. The van der Waals surface area contributed by atoms with Crippen LogP contribution in [-0.2, 0) is 11.3 Å². The summed E-state index contributed by atoms with van der Waals surface area (Å²) in [5.74, 6) is 1.30. The first-order chi connectivity index (χ1) is 12.5.